The zero-order valence-corrected chi connectivity index (χ0v) is 15.0. The highest BCUT2D eigenvalue weighted by atomic mass is 32.2. The minimum Gasteiger partial charge on any atom is -0.316 e. The van der Waals surface area contributed by atoms with Gasteiger partial charge in [-0.1, -0.05) is 30.3 Å². The lowest BCUT2D eigenvalue weighted by atomic mass is 9.96. The van der Waals surface area contributed by atoms with Crippen molar-refractivity contribution in [2.24, 2.45) is 5.92 Å². The first kappa shape index (κ1) is 16.4. The largest absolute Gasteiger partial charge is 0.330 e. The molecule has 0 unspecified atom stereocenters. The molecule has 2 aromatic carbocycles. The Morgan fingerprint density at radius 3 is 2.44 bits per heavy atom. The molecule has 1 fully saturated rings. The lowest BCUT2D eigenvalue weighted by Gasteiger charge is -2.26. The summed E-state index contributed by atoms with van der Waals surface area (Å²) >= 11 is 0. The molecule has 1 N–H and O–H groups in total. The van der Waals surface area contributed by atoms with E-state index in [0.29, 0.717) is 18.2 Å². The van der Waals surface area contributed by atoms with Gasteiger partial charge in [0.2, 0.25) is 0 Å². The zero-order valence-electron chi connectivity index (χ0n) is 14.1. The number of hydrogen-bond donors (Lipinski definition) is 1. The molecule has 0 aromatic heterocycles. The van der Waals surface area contributed by atoms with Crippen LogP contribution >= 0.6 is 0 Å². The molecule has 2 aromatic rings. The molecule has 2 aliphatic rings. The fourth-order valence-corrected chi connectivity index (χ4v) is 5.46. The number of nitrogens with one attached hydrogen (secondary N) is 1. The Labute approximate surface area is 149 Å². The van der Waals surface area contributed by atoms with E-state index in [9.17, 15) is 8.42 Å². The molecule has 6 heteroatoms. The number of nitrogens with zero attached hydrogens (tertiary/aromatic N) is 2. The number of benzene rings is 2. The number of rotatable bonds is 4. The van der Waals surface area contributed by atoms with Gasteiger partial charge in [0.05, 0.1) is 17.1 Å². The number of fused-ring (bicyclic) bond motifs is 1. The zero-order chi connectivity index (χ0) is 17.3. The highest BCUT2D eigenvalue weighted by molar-refractivity contribution is 7.95. The summed E-state index contributed by atoms with van der Waals surface area (Å²) in [6.07, 6.45) is 3.22. The Balaban J connectivity index is 1.65. The van der Waals surface area contributed by atoms with Crippen LogP contribution in [0.2, 0.25) is 0 Å². The highest BCUT2D eigenvalue weighted by Gasteiger charge is 2.41. The maximum Gasteiger partial charge on any atom is 0.330 e. The van der Waals surface area contributed by atoms with Crippen molar-refractivity contribution < 1.29 is 8.42 Å². The molecule has 5 nitrogen and oxygen atoms in total. The van der Waals surface area contributed by atoms with E-state index in [1.807, 2.05) is 54.6 Å². The van der Waals surface area contributed by atoms with Crippen LogP contribution < -0.4 is 13.9 Å². The van der Waals surface area contributed by atoms with Gasteiger partial charge >= 0.3 is 10.2 Å². The number of anilines is 3. The number of piperidine rings is 1. The standard InChI is InChI=1S/C19H23N3O2S/c23-25(24)21(14-12-16-7-6-13-20-15-16)18-10-4-5-11-19(18)22(25)17-8-2-1-3-9-17/h1-5,8-11,16,20H,6-7,12-15H2/t16-/m1/s1. The molecule has 0 saturated carbocycles. The van der Waals surface area contributed by atoms with Gasteiger partial charge in [-0.3, -0.25) is 4.31 Å². The van der Waals surface area contributed by atoms with Crippen molar-refractivity contribution in [3.8, 4) is 0 Å². The minimum atomic E-state index is -3.59. The van der Waals surface area contributed by atoms with E-state index in [4.69, 9.17) is 0 Å². The maximum atomic E-state index is 13.3. The molecule has 4 rings (SSSR count). The quantitative estimate of drug-likeness (QED) is 0.914. The number of hydrogen-bond acceptors (Lipinski definition) is 3. The van der Waals surface area contributed by atoms with E-state index < -0.39 is 10.2 Å². The van der Waals surface area contributed by atoms with Gasteiger partial charge < -0.3 is 5.32 Å². The van der Waals surface area contributed by atoms with E-state index in [-0.39, 0.29) is 0 Å². The van der Waals surface area contributed by atoms with E-state index in [1.54, 1.807) is 4.31 Å². The molecule has 0 radical (unpaired) electrons. The molecule has 1 atom stereocenters. The third-order valence-electron chi connectivity index (χ3n) is 5.01. The van der Waals surface area contributed by atoms with E-state index in [2.05, 4.69) is 5.32 Å². The summed E-state index contributed by atoms with van der Waals surface area (Å²) in [5.74, 6) is 0.543. The van der Waals surface area contributed by atoms with Gasteiger partial charge in [0, 0.05) is 6.54 Å². The second-order valence-electron chi connectivity index (χ2n) is 6.67. The van der Waals surface area contributed by atoms with Gasteiger partial charge in [0.15, 0.2) is 0 Å². The Bertz CT molecular complexity index is 833. The van der Waals surface area contributed by atoms with Crippen LogP contribution in [-0.4, -0.2) is 28.1 Å². The van der Waals surface area contributed by atoms with Gasteiger partial charge in [-0.25, -0.2) is 4.31 Å². The average Bonchev–Trinajstić information content (AvgIpc) is 2.87. The molecule has 1 saturated heterocycles. The van der Waals surface area contributed by atoms with Gasteiger partial charge in [0.1, 0.15) is 0 Å². The predicted molar refractivity (Wildman–Crippen MR) is 101 cm³/mol. The van der Waals surface area contributed by atoms with Crippen molar-refractivity contribution in [2.45, 2.75) is 19.3 Å². The van der Waals surface area contributed by atoms with Crippen molar-refractivity contribution >= 4 is 27.3 Å². The van der Waals surface area contributed by atoms with Crippen molar-refractivity contribution in [2.75, 3.05) is 28.2 Å². The fourth-order valence-electron chi connectivity index (χ4n) is 3.74. The highest BCUT2D eigenvalue weighted by Crippen LogP contribution is 2.45. The molecule has 0 bridgehead atoms. The Kier molecular flexibility index (Phi) is 4.39. The molecular formula is C19H23N3O2S. The topological polar surface area (TPSA) is 52.7 Å². The van der Waals surface area contributed by atoms with Crippen LogP contribution in [0.25, 0.3) is 0 Å². The summed E-state index contributed by atoms with van der Waals surface area (Å²) in [6, 6.07) is 16.9. The van der Waals surface area contributed by atoms with Crippen molar-refractivity contribution in [3.63, 3.8) is 0 Å². The Morgan fingerprint density at radius 2 is 1.72 bits per heavy atom. The molecule has 25 heavy (non-hydrogen) atoms. The third kappa shape index (κ3) is 3.00. The van der Waals surface area contributed by atoms with Crippen molar-refractivity contribution in [1.82, 2.24) is 5.32 Å². The van der Waals surface area contributed by atoms with Crippen LogP contribution in [0.15, 0.2) is 54.6 Å². The lowest BCUT2D eigenvalue weighted by Crippen LogP contribution is -2.38. The van der Waals surface area contributed by atoms with Crippen LogP contribution in [0.3, 0.4) is 0 Å². The maximum absolute atomic E-state index is 13.3. The van der Waals surface area contributed by atoms with Gasteiger partial charge in [-0.2, -0.15) is 8.42 Å². The fraction of sp³-hybridized carbons (Fsp3) is 0.368. The Morgan fingerprint density at radius 1 is 1.00 bits per heavy atom. The van der Waals surface area contributed by atoms with E-state index >= 15 is 0 Å². The smallest absolute Gasteiger partial charge is 0.316 e. The molecule has 2 heterocycles. The summed E-state index contributed by atoms with van der Waals surface area (Å²) in [4.78, 5) is 0. The summed E-state index contributed by atoms with van der Waals surface area (Å²) in [6.45, 7) is 2.58. The van der Waals surface area contributed by atoms with E-state index in [0.717, 1.165) is 30.9 Å². The normalized spacial score (nSPS) is 22.0. The molecule has 0 aliphatic carbocycles. The van der Waals surface area contributed by atoms with Crippen LogP contribution in [0.1, 0.15) is 19.3 Å². The van der Waals surface area contributed by atoms with Crippen molar-refractivity contribution in [1.29, 1.82) is 0 Å². The lowest BCUT2D eigenvalue weighted by molar-refractivity contribution is 0.362. The SMILES string of the molecule is O=S1(=O)N(CC[C@H]2CCCNC2)c2ccccc2N1c1ccccc1. The summed E-state index contributed by atoms with van der Waals surface area (Å²) < 4.78 is 29.6. The summed E-state index contributed by atoms with van der Waals surface area (Å²) in [5.41, 5.74) is 2.18. The minimum absolute atomic E-state index is 0.523. The van der Waals surface area contributed by atoms with E-state index in [1.165, 1.54) is 17.1 Å². The monoisotopic (exact) mass is 357 g/mol. The van der Waals surface area contributed by atoms with Crippen molar-refractivity contribution in [3.05, 3.63) is 54.6 Å². The van der Waals surface area contributed by atoms with Gasteiger partial charge in [-0.05, 0) is 62.5 Å². The average molecular weight is 357 g/mol. The van der Waals surface area contributed by atoms with Crippen LogP contribution in [0.5, 0.6) is 0 Å². The molecule has 132 valence electrons. The first-order valence-corrected chi connectivity index (χ1v) is 10.3. The van der Waals surface area contributed by atoms with Crippen LogP contribution in [0, 0.1) is 5.92 Å². The first-order chi connectivity index (χ1) is 12.2. The second kappa shape index (κ2) is 6.69. The predicted octanol–water partition coefficient (Wildman–Crippen LogP) is 3.28. The van der Waals surface area contributed by atoms with Crippen LogP contribution in [-0.2, 0) is 10.2 Å². The van der Waals surface area contributed by atoms with Gasteiger partial charge in [-0.15, -0.1) is 0 Å². The molecule has 2 aliphatic heterocycles. The Hall–Kier alpha value is -2.05. The molecule has 0 amide bonds. The summed E-state index contributed by atoms with van der Waals surface area (Å²) in [7, 11) is -3.59. The summed E-state index contributed by atoms with van der Waals surface area (Å²) in [5, 5.41) is 3.41. The molecule has 0 spiro atoms. The van der Waals surface area contributed by atoms with Crippen LogP contribution in [0.4, 0.5) is 17.1 Å². The molecular weight excluding hydrogens is 334 g/mol. The number of para-hydroxylation sites is 3. The van der Waals surface area contributed by atoms with Gasteiger partial charge in [0.25, 0.3) is 0 Å². The third-order valence-corrected chi connectivity index (χ3v) is 6.81. The first-order valence-electron chi connectivity index (χ1n) is 8.86. The second-order valence-corrected chi connectivity index (χ2v) is 8.37.